The SMILES string of the molecule is CC1CN(c2ncc(C(=O)N[C@H](C)c3cccnc3)cc2NC(=O)c2csc3ccccc23)c2ccccc2O1. The van der Waals surface area contributed by atoms with E-state index in [1.807, 2.05) is 84.8 Å². The molecule has 0 saturated carbocycles. The standard InChI is InChI=1S/C31H27N5O3S/c1-19-17-36(26-10-4-5-11-27(26)39-19)29-25(35-31(38)24-18-40-28-12-6-3-9-23(24)28)14-22(16-33-29)30(37)34-20(2)21-8-7-13-32-15-21/h3-16,18-20H,17H2,1-2H3,(H,34,37)(H,35,38)/t19?,20-/m1/s1. The van der Waals surface area contributed by atoms with Crippen molar-refractivity contribution in [2.75, 3.05) is 16.8 Å². The van der Waals surface area contributed by atoms with Crippen LogP contribution in [0.2, 0.25) is 0 Å². The normalized spacial score (nSPS) is 15.2. The number of thiophene rings is 1. The van der Waals surface area contributed by atoms with Gasteiger partial charge in [0.25, 0.3) is 11.8 Å². The van der Waals surface area contributed by atoms with Crippen LogP contribution in [0.1, 0.15) is 46.2 Å². The highest BCUT2D eigenvalue weighted by Gasteiger charge is 2.28. The van der Waals surface area contributed by atoms with E-state index in [0.29, 0.717) is 29.2 Å². The van der Waals surface area contributed by atoms with Crippen LogP contribution in [0, 0.1) is 0 Å². The fraction of sp³-hybridized carbons (Fsp3) is 0.161. The Balaban J connectivity index is 1.37. The van der Waals surface area contributed by atoms with Crippen molar-refractivity contribution >= 4 is 50.4 Å². The van der Waals surface area contributed by atoms with E-state index in [0.717, 1.165) is 27.1 Å². The third kappa shape index (κ3) is 4.99. The van der Waals surface area contributed by atoms with Gasteiger partial charge in [-0.2, -0.15) is 0 Å². The van der Waals surface area contributed by atoms with Crippen molar-refractivity contribution < 1.29 is 14.3 Å². The van der Waals surface area contributed by atoms with Crippen molar-refractivity contribution in [3.8, 4) is 5.75 Å². The minimum atomic E-state index is -0.303. The zero-order valence-corrected chi connectivity index (χ0v) is 22.8. The number of amides is 2. The molecule has 5 aromatic rings. The minimum absolute atomic E-state index is 0.107. The Labute approximate surface area is 235 Å². The summed E-state index contributed by atoms with van der Waals surface area (Å²) in [6.07, 6.45) is 4.85. The molecule has 0 radical (unpaired) electrons. The molecule has 3 aromatic heterocycles. The van der Waals surface area contributed by atoms with E-state index >= 15 is 0 Å². The summed E-state index contributed by atoms with van der Waals surface area (Å²) in [4.78, 5) is 37.8. The molecule has 4 heterocycles. The van der Waals surface area contributed by atoms with Gasteiger partial charge >= 0.3 is 0 Å². The molecule has 9 heteroatoms. The lowest BCUT2D eigenvalue weighted by molar-refractivity contribution is 0.0938. The summed E-state index contributed by atoms with van der Waals surface area (Å²) in [5.41, 5.74) is 3.07. The van der Waals surface area contributed by atoms with Crippen LogP contribution in [0.25, 0.3) is 10.1 Å². The number of carbonyl (C=O) groups is 2. The highest BCUT2D eigenvalue weighted by molar-refractivity contribution is 7.17. The van der Waals surface area contributed by atoms with Crippen LogP contribution in [-0.2, 0) is 0 Å². The largest absolute Gasteiger partial charge is 0.487 e. The van der Waals surface area contributed by atoms with Gasteiger partial charge in [0.05, 0.1) is 35.1 Å². The van der Waals surface area contributed by atoms with Gasteiger partial charge in [0.2, 0.25) is 0 Å². The van der Waals surface area contributed by atoms with Crippen LogP contribution < -0.4 is 20.3 Å². The first-order valence-electron chi connectivity index (χ1n) is 13.0. The molecule has 40 heavy (non-hydrogen) atoms. The molecular weight excluding hydrogens is 522 g/mol. The summed E-state index contributed by atoms with van der Waals surface area (Å²) in [6.45, 7) is 4.41. The molecule has 2 atom stereocenters. The number of fused-ring (bicyclic) bond motifs is 2. The van der Waals surface area contributed by atoms with Crippen LogP contribution in [-0.4, -0.2) is 34.4 Å². The van der Waals surface area contributed by atoms with Crippen LogP contribution >= 0.6 is 11.3 Å². The highest BCUT2D eigenvalue weighted by atomic mass is 32.1. The number of pyridine rings is 2. The Morgan fingerprint density at radius 3 is 2.73 bits per heavy atom. The number of nitrogens with one attached hydrogen (secondary N) is 2. The highest BCUT2D eigenvalue weighted by Crippen LogP contribution is 2.40. The van der Waals surface area contributed by atoms with Crippen molar-refractivity contribution in [3.05, 3.63) is 107 Å². The first-order valence-corrected chi connectivity index (χ1v) is 13.9. The number of hydrogen-bond donors (Lipinski definition) is 2. The van der Waals surface area contributed by atoms with E-state index in [2.05, 4.69) is 15.6 Å². The molecule has 0 fully saturated rings. The zero-order chi connectivity index (χ0) is 27.6. The van der Waals surface area contributed by atoms with Gasteiger partial charge in [-0.1, -0.05) is 36.4 Å². The number of para-hydroxylation sites is 2. The number of nitrogens with zero attached hydrogens (tertiary/aromatic N) is 3. The molecule has 0 bridgehead atoms. The van der Waals surface area contributed by atoms with Crippen LogP contribution in [0.5, 0.6) is 5.75 Å². The second-order valence-electron chi connectivity index (χ2n) is 9.68. The quantitative estimate of drug-likeness (QED) is 0.256. The van der Waals surface area contributed by atoms with Gasteiger partial charge in [0.15, 0.2) is 5.82 Å². The molecule has 0 spiro atoms. The lowest BCUT2D eigenvalue weighted by Crippen LogP contribution is -2.36. The molecule has 1 aliphatic rings. The molecular formula is C31H27N5O3S. The van der Waals surface area contributed by atoms with Gasteiger partial charge in [-0.15, -0.1) is 11.3 Å². The van der Waals surface area contributed by atoms with Crippen LogP contribution in [0.15, 0.2) is 90.7 Å². The summed E-state index contributed by atoms with van der Waals surface area (Å²) in [7, 11) is 0. The van der Waals surface area contributed by atoms with Gasteiger partial charge in [-0.25, -0.2) is 4.98 Å². The third-order valence-electron chi connectivity index (χ3n) is 6.81. The van der Waals surface area contributed by atoms with Crippen molar-refractivity contribution in [3.63, 3.8) is 0 Å². The average Bonchev–Trinajstić information content (AvgIpc) is 3.41. The van der Waals surface area contributed by atoms with Crippen molar-refractivity contribution in [2.24, 2.45) is 0 Å². The molecule has 2 aromatic carbocycles. The number of anilines is 3. The van der Waals surface area contributed by atoms with E-state index in [-0.39, 0.29) is 24.0 Å². The lowest BCUT2D eigenvalue weighted by Gasteiger charge is -2.35. The van der Waals surface area contributed by atoms with E-state index in [1.165, 1.54) is 11.3 Å². The van der Waals surface area contributed by atoms with E-state index < -0.39 is 0 Å². The number of benzene rings is 2. The van der Waals surface area contributed by atoms with Crippen molar-refractivity contribution in [1.82, 2.24) is 15.3 Å². The zero-order valence-electron chi connectivity index (χ0n) is 22.0. The van der Waals surface area contributed by atoms with Crippen LogP contribution in [0.3, 0.4) is 0 Å². The second kappa shape index (κ2) is 10.8. The third-order valence-corrected chi connectivity index (χ3v) is 7.78. The van der Waals surface area contributed by atoms with E-state index in [9.17, 15) is 9.59 Å². The predicted molar refractivity (Wildman–Crippen MR) is 158 cm³/mol. The number of aromatic nitrogens is 2. The summed E-state index contributed by atoms with van der Waals surface area (Å²) in [6, 6.07) is 20.7. The van der Waals surface area contributed by atoms with Crippen molar-refractivity contribution in [2.45, 2.75) is 26.0 Å². The Bertz CT molecular complexity index is 1700. The first-order chi connectivity index (χ1) is 19.5. The topological polar surface area (TPSA) is 96.5 Å². The molecule has 0 aliphatic carbocycles. The Morgan fingerprint density at radius 1 is 1.05 bits per heavy atom. The Hall–Kier alpha value is -4.76. The maximum Gasteiger partial charge on any atom is 0.257 e. The summed E-state index contributed by atoms with van der Waals surface area (Å²) >= 11 is 1.52. The van der Waals surface area contributed by atoms with Crippen LogP contribution in [0.4, 0.5) is 17.2 Å². The van der Waals surface area contributed by atoms with Gasteiger partial charge in [-0.3, -0.25) is 14.6 Å². The Morgan fingerprint density at radius 2 is 1.88 bits per heavy atom. The molecule has 2 amide bonds. The van der Waals surface area contributed by atoms with Gasteiger partial charge in [-0.05, 0) is 49.7 Å². The maximum absolute atomic E-state index is 13.6. The molecule has 1 aliphatic heterocycles. The molecule has 1 unspecified atom stereocenters. The lowest BCUT2D eigenvalue weighted by atomic mass is 10.1. The smallest absolute Gasteiger partial charge is 0.257 e. The summed E-state index contributed by atoms with van der Waals surface area (Å²) < 4.78 is 7.06. The fourth-order valence-corrected chi connectivity index (χ4v) is 5.76. The van der Waals surface area contributed by atoms with E-state index in [1.54, 1.807) is 24.7 Å². The maximum atomic E-state index is 13.6. The second-order valence-corrected chi connectivity index (χ2v) is 10.6. The molecule has 200 valence electrons. The summed E-state index contributed by atoms with van der Waals surface area (Å²) in [5, 5.41) is 8.80. The monoisotopic (exact) mass is 549 g/mol. The number of rotatable bonds is 6. The van der Waals surface area contributed by atoms with E-state index in [4.69, 9.17) is 9.72 Å². The van der Waals surface area contributed by atoms with Gasteiger partial charge in [0.1, 0.15) is 11.9 Å². The Kier molecular flexibility index (Phi) is 6.88. The average molecular weight is 550 g/mol. The number of carbonyl (C=O) groups excluding carboxylic acids is 2. The van der Waals surface area contributed by atoms with Gasteiger partial charge in [0, 0.05) is 34.1 Å². The minimum Gasteiger partial charge on any atom is -0.487 e. The first kappa shape index (κ1) is 25.5. The van der Waals surface area contributed by atoms with Crippen molar-refractivity contribution in [1.29, 1.82) is 0 Å². The number of ether oxygens (including phenoxy) is 1. The summed E-state index contributed by atoms with van der Waals surface area (Å²) in [5.74, 6) is 0.697. The molecule has 6 rings (SSSR count). The molecule has 8 nitrogen and oxygen atoms in total. The van der Waals surface area contributed by atoms with Gasteiger partial charge < -0.3 is 20.3 Å². The fourth-order valence-electron chi connectivity index (χ4n) is 4.82. The number of hydrogen-bond acceptors (Lipinski definition) is 7. The molecule has 0 saturated heterocycles. The molecule has 2 N–H and O–H groups in total. The predicted octanol–water partition coefficient (Wildman–Crippen LogP) is 6.35.